The summed E-state index contributed by atoms with van der Waals surface area (Å²) in [5.74, 6) is 0. The highest BCUT2D eigenvalue weighted by molar-refractivity contribution is 7.26. The second-order valence-electron chi connectivity index (χ2n) is 15.7. The maximum Gasteiger partial charge on any atom is 0.0540 e. The summed E-state index contributed by atoms with van der Waals surface area (Å²) < 4.78 is 2.61. The molecule has 2 heteroatoms. The summed E-state index contributed by atoms with van der Waals surface area (Å²) in [5, 5.41) is 5.10. The van der Waals surface area contributed by atoms with Crippen molar-refractivity contribution in [1.82, 2.24) is 0 Å². The van der Waals surface area contributed by atoms with Gasteiger partial charge in [0, 0.05) is 42.5 Å². The van der Waals surface area contributed by atoms with E-state index in [0.717, 1.165) is 17.1 Å². The summed E-state index contributed by atoms with van der Waals surface area (Å²) in [6.45, 7) is 4.73. The molecule has 0 saturated carbocycles. The minimum Gasteiger partial charge on any atom is -0.310 e. The Morgan fingerprint density at radius 1 is 0.404 bits per heavy atom. The molecule has 10 aromatic rings. The Labute approximate surface area is 337 Å². The van der Waals surface area contributed by atoms with Crippen molar-refractivity contribution in [3.8, 4) is 44.5 Å². The van der Waals surface area contributed by atoms with Gasteiger partial charge in [-0.15, -0.1) is 11.3 Å². The monoisotopic (exact) mass is 745 g/mol. The number of hydrogen-bond acceptors (Lipinski definition) is 2. The van der Waals surface area contributed by atoms with E-state index >= 15 is 0 Å². The number of fused-ring (bicyclic) bond motifs is 7. The van der Waals surface area contributed by atoms with Crippen LogP contribution < -0.4 is 4.90 Å². The third-order valence-electron chi connectivity index (χ3n) is 12.1. The van der Waals surface area contributed by atoms with Gasteiger partial charge >= 0.3 is 0 Å². The molecule has 1 aliphatic carbocycles. The van der Waals surface area contributed by atoms with Gasteiger partial charge in [0.25, 0.3) is 0 Å². The second kappa shape index (κ2) is 13.2. The molecule has 57 heavy (non-hydrogen) atoms. The lowest BCUT2D eigenvalue weighted by atomic mass is 9.82. The first-order chi connectivity index (χ1) is 28.0. The lowest BCUT2D eigenvalue weighted by molar-refractivity contribution is 0.660. The van der Waals surface area contributed by atoms with E-state index in [9.17, 15) is 0 Å². The van der Waals surface area contributed by atoms with Crippen molar-refractivity contribution in [3.05, 3.63) is 211 Å². The lowest BCUT2D eigenvalue weighted by Crippen LogP contribution is -2.17. The van der Waals surface area contributed by atoms with Crippen LogP contribution >= 0.6 is 11.3 Å². The molecule has 0 aliphatic heterocycles. The summed E-state index contributed by atoms with van der Waals surface area (Å²) in [6, 6.07) is 74.0. The molecule has 0 spiro atoms. The van der Waals surface area contributed by atoms with Crippen LogP contribution in [0.4, 0.5) is 17.1 Å². The summed E-state index contributed by atoms with van der Waals surface area (Å²) in [4.78, 5) is 2.49. The van der Waals surface area contributed by atoms with Gasteiger partial charge in [-0.1, -0.05) is 166 Å². The van der Waals surface area contributed by atoms with Crippen molar-refractivity contribution in [2.45, 2.75) is 19.3 Å². The molecule has 0 N–H and O–H groups in total. The van der Waals surface area contributed by atoms with Crippen molar-refractivity contribution < 1.29 is 0 Å². The highest BCUT2D eigenvalue weighted by atomic mass is 32.1. The van der Waals surface area contributed by atoms with Crippen molar-refractivity contribution in [1.29, 1.82) is 0 Å². The Hall–Kier alpha value is -6.74. The average Bonchev–Trinajstić information content (AvgIpc) is 3.76. The third kappa shape index (κ3) is 5.44. The van der Waals surface area contributed by atoms with Gasteiger partial charge in [0.1, 0.15) is 0 Å². The Bertz CT molecular complexity index is 3170. The first-order valence-electron chi connectivity index (χ1n) is 19.8. The predicted octanol–water partition coefficient (Wildman–Crippen LogP) is 16.0. The highest BCUT2D eigenvalue weighted by Crippen LogP contribution is 2.53. The van der Waals surface area contributed by atoms with Gasteiger partial charge in [-0.25, -0.2) is 0 Å². The molecule has 0 fully saturated rings. The molecule has 11 rings (SSSR count). The van der Waals surface area contributed by atoms with Gasteiger partial charge in [0.2, 0.25) is 0 Å². The van der Waals surface area contributed by atoms with Crippen LogP contribution in [0.1, 0.15) is 25.0 Å². The maximum atomic E-state index is 2.49. The van der Waals surface area contributed by atoms with Crippen LogP contribution in [-0.2, 0) is 5.41 Å². The van der Waals surface area contributed by atoms with E-state index in [2.05, 4.69) is 219 Å². The van der Waals surface area contributed by atoms with Crippen LogP contribution in [0, 0.1) is 0 Å². The van der Waals surface area contributed by atoms with Gasteiger partial charge in [-0.05, 0) is 109 Å². The number of para-hydroxylation sites is 1. The van der Waals surface area contributed by atoms with Crippen LogP contribution in [0.15, 0.2) is 200 Å². The molecular formula is C55H39NS. The number of hydrogen-bond donors (Lipinski definition) is 0. The average molecular weight is 746 g/mol. The maximum absolute atomic E-state index is 2.49. The van der Waals surface area contributed by atoms with Gasteiger partial charge in [-0.2, -0.15) is 0 Å². The normalized spacial score (nSPS) is 12.9. The zero-order valence-corrected chi connectivity index (χ0v) is 32.7. The SMILES string of the molecule is CC1(C)c2ccccc2-c2ccc(N(c3cccc(-c4ccccc4)c3)c3ccccc3-c3ccc4sc5ccccc5c4c3-c3ccc4ccccc4c3)cc21. The van der Waals surface area contributed by atoms with Crippen LogP contribution in [0.3, 0.4) is 0 Å². The Balaban J connectivity index is 1.19. The molecule has 0 radical (unpaired) electrons. The number of nitrogens with zero attached hydrogens (tertiary/aromatic N) is 1. The van der Waals surface area contributed by atoms with E-state index < -0.39 is 0 Å². The van der Waals surface area contributed by atoms with Gasteiger partial charge in [-0.3, -0.25) is 0 Å². The van der Waals surface area contributed by atoms with E-state index in [1.54, 1.807) is 0 Å². The van der Waals surface area contributed by atoms with E-state index in [1.165, 1.54) is 86.6 Å². The minimum atomic E-state index is -0.132. The zero-order chi connectivity index (χ0) is 38.1. The molecule has 1 heterocycles. The fourth-order valence-electron chi connectivity index (χ4n) is 9.30. The number of anilines is 3. The lowest BCUT2D eigenvalue weighted by Gasteiger charge is -2.30. The molecule has 0 unspecified atom stereocenters. The first-order valence-corrected chi connectivity index (χ1v) is 20.6. The molecule has 0 atom stereocenters. The van der Waals surface area contributed by atoms with E-state index in [4.69, 9.17) is 0 Å². The summed E-state index contributed by atoms with van der Waals surface area (Å²) in [7, 11) is 0. The molecule has 1 aliphatic rings. The molecule has 0 amide bonds. The number of thiophene rings is 1. The number of benzene rings is 9. The molecular weight excluding hydrogens is 707 g/mol. The Kier molecular flexibility index (Phi) is 7.77. The van der Waals surface area contributed by atoms with Crippen molar-refractivity contribution in [3.63, 3.8) is 0 Å². The van der Waals surface area contributed by atoms with Crippen molar-refractivity contribution in [2.24, 2.45) is 0 Å². The fourth-order valence-corrected chi connectivity index (χ4v) is 10.4. The van der Waals surface area contributed by atoms with Gasteiger partial charge < -0.3 is 4.90 Å². The summed E-state index contributed by atoms with van der Waals surface area (Å²) in [5.41, 5.74) is 15.9. The molecule has 0 saturated heterocycles. The minimum absolute atomic E-state index is 0.132. The smallest absolute Gasteiger partial charge is 0.0540 e. The van der Waals surface area contributed by atoms with Crippen LogP contribution in [0.2, 0.25) is 0 Å². The van der Waals surface area contributed by atoms with Crippen LogP contribution in [0.5, 0.6) is 0 Å². The van der Waals surface area contributed by atoms with Crippen LogP contribution in [0.25, 0.3) is 75.5 Å². The topological polar surface area (TPSA) is 3.24 Å². The van der Waals surface area contributed by atoms with Gasteiger partial charge in [0.05, 0.1) is 5.69 Å². The molecule has 9 aromatic carbocycles. The Morgan fingerprint density at radius 2 is 1.09 bits per heavy atom. The van der Waals surface area contributed by atoms with E-state index in [0.29, 0.717) is 0 Å². The first kappa shape index (κ1) is 33.6. The predicted molar refractivity (Wildman–Crippen MR) is 245 cm³/mol. The quantitative estimate of drug-likeness (QED) is 0.164. The molecule has 1 aromatic heterocycles. The largest absolute Gasteiger partial charge is 0.310 e. The van der Waals surface area contributed by atoms with Crippen LogP contribution in [-0.4, -0.2) is 0 Å². The third-order valence-corrected chi connectivity index (χ3v) is 13.2. The zero-order valence-electron chi connectivity index (χ0n) is 31.9. The molecule has 0 bridgehead atoms. The van der Waals surface area contributed by atoms with Crippen molar-refractivity contribution in [2.75, 3.05) is 4.90 Å². The summed E-state index contributed by atoms with van der Waals surface area (Å²) >= 11 is 1.88. The molecule has 1 nitrogen and oxygen atoms in total. The highest BCUT2D eigenvalue weighted by Gasteiger charge is 2.36. The fraction of sp³-hybridized carbons (Fsp3) is 0.0545. The van der Waals surface area contributed by atoms with E-state index in [1.807, 2.05) is 11.3 Å². The van der Waals surface area contributed by atoms with Gasteiger partial charge in [0.15, 0.2) is 0 Å². The van der Waals surface area contributed by atoms with Crippen molar-refractivity contribution >= 4 is 59.3 Å². The summed E-state index contributed by atoms with van der Waals surface area (Å²) in [6.07, 6.45) is 0. The second-order valence-corrected chi connectivity index (χ2v) is 16.8. The standard InChI is InChI=1S/C55H39NS/c1-55(2)48-24-11-8-21-43(48)44-30-29-42(35-49(44)55)56(41-20-14-19-39(34-41)36-15-4-3-5-16-36)50-25-12-9-22-45(50)46-31-32-52-54(47-23-10-13-26-51(47)57-52)53(46)40-28-27-37-17-6-7-18-38(37)33-40/h3-35H,1-2H3. The van der Waals surface area contributed by atoms with E-state index in [-0.39, 0.29) is 5.41 Å². The Morgan fingerprint density at radius 3 is 1.98 bits per heavy atom. The number of rotatable bonds is 6. The molecule has 270 valence electrons.